The van der Waals surface area contributed by atoms with Crippen LogP contribution in [0.3, 0.4) is 0 Å². The van der Waals surface area contributed by atoms with Gasteiger partial charge in [0.1, 0.15) is 22.9 Å². The van der Waals surface area contributed by atoms with Gasteiger partial charge in [0.15, 0.2) is 5.82 Å². The largest absolute Gasteiger partial charge is 0.507 e. The molecular weight excluding hydrogens is 514 g/mol. The van der Waals surface area contributed by atoms with Crippen molar-refractivity contribution in [3.05, 3.63) is 53.6 Å². The molecule has 3 aromatic rings. The second-order valence-corrected chi connectivity index (χ2v) is 10.0. The molecule has 0 bridgehead atoms. The molecule has 0 unspecified atom stereocenters. The van der Waals surface area contributed by atoms with Gasteiger partial charge >= 0.3 is 0 Å². The molecular formula is C27H31ClF2N6O2. The maximum absolute atomic E-state index is 16.2. The van der Waals surface area contributed by atoms with Crippen molar-refractivity contribution in [2.75, 3.05) is 36.0 Å². The fourth-order valence-corrected chi connectivity index (χ4v) is 5.33. The van der Waals surface area contributed by atoms with Crippen molar-refractivity contribution in [2.45, 2.75) is 39.4 Å². The Morgan fingerprint density at radius 3 is 2.50 bits per heavy atom. The molecule has 0 radical (unpaired) electrons. The van der Waals surface area contributed by atoms with Crippen molar-refractivity contribution in [1.82, 2.24) is 14.9 Å². The topological polar surface area (TPSA) is 98.8 Å². The number of carbonyl (C=O) groups is 1. The zero-order valence-corrected chi connectivity index (χ0v) is 21.2. The number of nitrogens with two attached hydrogens (primary N) is 1. The van der Waals surface area contributed by atoms with E-state index in [2.05, 4.69) is 11.6 Å². The Bertz CT molecular complexity index is 1390. The lowest BCUT2D eigenvalue weighted by Crippen LogP contribution is -2.58. The standard InChI is InChI=1S/C26H27ClF2N6O2.CH4/c1-4-20(37)34-9-14(3)35(10-13(34)2)25-16-8-17(27)21(22-18(28)6-5-7-19(22)36)23(29)24(16)31-26(32-25)33-11-15(30)12-33;/h4-8,13-15,36H,1,9-12,30H2,2-3H3;1H4/t13-,14+;/m1./s1. The number of halogens is 3. The van der Waals surface area contributed by atoms with E-state index in [1.165, 1.54) is 24.3 Å². The molecule has 5 rings (SSSR count). The predicted molar refractivity (Wildman–Crippen MR) is 147 cm³/mol. The lowest BCUT2D eigenvalue weighted by atomic mass is 10.00. The summed E-state index contributed by atoms with van der Waals surface area (Å²) in [5.74, 6) is -1.53. The quantitative estimate of drug-likeness (QED) is 0.472. The summed E-state index contributed by atoms with van der Waals surface area (Å²) in [5, 5.41) is 10.6. The van der Waals surface area contributed by atoms with Gasteiger partial charge in [-0.2, -0.15) is 4.98 Å². The van der Waals surface area contributed by atoms with E-state index in [1.54, 1.807) is 4.90 Å². The number of aromatic nitrogens is 2. The lowest BCUT2D eigenvalue weighted by Gasteiger charge is -2.45. The van der Waals surface area contributed by atoms with Crippen LogP contribution in [0.4, 0.5) is 20.5 Å². The fourth-order valence-electron chi connectivity index (χ4n) is 5.04. The predicted octanol–water partition coefficient (Wildman–Crippen LogP) is 4.33. The second-order valence-electron chi connectivity index (χ2n) is 9.63. The molecule has 1 amide bonds. The zero-order chi connectivity index (χ0) is 26.6. The number of hydrogen-bond acceptors (Lipinski definition) is 7. The first-order chi connectivity index (χ1) is 17.6. The van der Waals surface area contributed by atoms with E-state index in [0.29, 0.717) is 43.3 Å². The summed E-state index contributed by atoms with van der Waals surface area (Å²) in [7, 11) is 0. The Morgan fingerprint density at radius 1 is 1.16 bits per heavy atom. The Balaban J connectivity index is 0.00000336. The molecule has 3 heterocycles. The number of benzene rings is 2. The molecule has 2 fully saturated rings. The third-order valence-electron chi connectivity index (χ3n) is 7.00. The molecule has 2 atom stereocenters. The number of hydrogen-bond donors (Lipinski definition) is 2. The second kappa shape index (κ2) is 10.3. The maximum atomic E-state index is 16.2. The molecule has 2 saturated heterocycles. The highest BCUT2D eigenvalue weighted by atomic mass is 35.5. The molecule has 2 aromatic carbocycles. The average molecular weight is 545 g/mol. The van der Waals surface area contributed by atoms with Crippen molar-refractivity contribution in [3.63, 3.8) is 0 Å². The third kappa shape index (κ3) is 4.52. The van der Waals surface area contributed by atoms with Gasteiger partial charge in [-0.3, -0.25) is 4.79 Å². The highest BCUT2D eigenvalue weighted by Crippen LogP contribution is 2.43. The number of phenols is 1. The van der Waals surface area contributed by atoms with Crippen LogP contribution in [0.1, 0.15) is 21.3 Å². The summed E-state index contributed by atoms with van der Waals surface area (Å²) in [6, 6.07) is 4.84. The Hall–Kier alpha value is -3.50. The SMILES string of the molecule is C.C=CC(=O)N1C[C@H](C)N(c2nc(N3CC(N)C3)nc3c(F)c(-c4c(O)cccc4F)c(Cl)cc23)C[C@H]1C. The first kappa shape index (κ1) is 27.5. The molecule has 2 aliphatic heterocycles. The van der Waals surface area contributed by atoms with Crippen LogP contribution in [0.2, 0.25) is 5.02 Å². The molecule has 11 heteroatoms. The highest BCUT2D eigenvalue weighted by Gasteiger charge is 2.35. The molecule has 2 aliphatic rings. The number of nitrogens with zero attached hydrogens (tertiary/aromatic N) is 5. The van der Waals surface area contributed by atoms with Gasteiger partial charge in [0.05, 0.1) is 10.6 Å². The summed E-state index contributed by atoms with van der Waals surface area (Å²) in [4.78, 5) is 27.2. The number of rotatable bonds is 4. The van der Waals surface area contributed by atoms with E-state index >= 15 is 4.39 Å². The Morgan fingerprint density at radius 2 is 1.87 bits per heavy atom. The highest BCUT2D eigenvalue weighted by molar-refractivity contribution is 6.34. The smallest absolute Gasteiger partial charge is 0.246 e. The van der Waals surface area contributed by atoms with Crippen molar-refractivity contribution in [2.24, 2.45) is 5.73 Å². The van der Waals surface area contributed by atoms with Crippen LogP contribution >= 0.6 is 11.6 Å². The Kier molecular flexibility index (Phi) is 7.49. The monoisotopic (exact) mass is 544 g/mol. The number of anilines is 2. The van der Waals surface area contributed by atoms with Crippen LogP contribution in [-0.2, 0) is 4.79 Å². The minimum absolute atomic E-state index is 0. The number of fused-ring (bicyclic) bond motifs is 1. The van der Waals surface area contributed by atoms with E-state index in [1.807, 2.05) is 23.6 Å². The van der Waals surface area contributed by atoms with Gasteiger partial charge in [0.25, 0.3) is 0 Å². The fraction of sp³-hybridized carbons (Fsp3) is 0.370. The van der Waals surface area contributed by atoms with Gasteiger partial charge in [-0.05, 0) is 38.1 Å². The van der Waals surface area contributed by atoms with Gasteiger partial charge < -0.3 is 25.5 Å². The number of carbonyl (C=O) groups excluding carboxylic acids is 1. The van der Waals surface area contributed by atoms with E-state index in [0.717, 1.165) is 6.07 Å². The molecule has 1 aromatic heterocycles. The lowest BCUT2D eigenvalue weighted by molar-refractivity contribution is -0.128. The number of amides is 1. The average Bonchev–Trinajstić information content (AvgIpc) is 2.84. The normalized spacial score (nSPS) is 19.8. The first-order valence-corrected chi connectivity index (χ1v) is 12.4. The van der Waals surface area contributed by atoms with Crippen molar-refractivity contribution < 1.29 is 18.7 Å². The van der Waals surface area contributed by atoms with E-state index in [-0.39, 0.29) is 53.1 Å². The molecule has 0 spiro atoms. The van der Waals surface area contributed by atoms with Crippen LogP contribution in [0, 0.1) is 11.6 Å². The van der Waals surface area contributed by atoms with Crippen LogP contribution in [0.5, 0.6) is 5.75 Å². The molecule has 3 N–H and O–H groups in total. The minimum Gasteiger partial charge on any atom is -0.507 e. The molecule has 38 heavy (non-hydrogen) atoms. The molecule has 8 nitrogen and oxygen atoms in total. The van der Waals surface area contributed by atoms with Crippen LogP contribution in [0.15, 0.2) is 36.9 Å². The summed E-state index contributed by atoms with van der Waals surface area (Å²) < 4.78 is 30.9. The Labute approximate surface area is 225 Å². The zero-order valence-electron chi connectivity index (χ0n) is 20.5. The van der Waals surface area contributed by atoms with Crippen LogP contribution < -0.4 is 15.5 Å². The summed E-state index contributed by atoms with van der Waals surface area (Å²) in [6.07, 6.45) is 1.29. The van der Waals surface area contributed by atoms with Crippen molar-refractivity contribution >= 4 is 40.2 Å². The van der Waals surface area contributed by atoms with Gasteiger partial charge in [-0.15, -0.1) is 0 Å². The van der Waals surface area contributed by atoms with Crippen molar-refractivity contribution in [3.8, 4) is 16.9 Å². The van der Waals surface area contributed by atoms with Crippen LogP contribution in [0.25, 0.3) is 22.0 Å². The van der Waals surface area contributed by atoms with Crippen molar-refractivity contribution in [1.29, 1.82) is 0 Å². The summed E-state index contributed by atoms with van der Waals surface area (Å²) in [5.41, 5.74) is 5.31. The van der Waals surface area contributed by atoms with E-state index < -0.39 is 17.4 Å². The number of aromatic hydroxyl groups is 1. The minimum atomic E-state index is -0.862. The van der Waals surface area contributed by atoms with Crippen LogP contribution in [-0.4, -0.2) is 70.2 Å². The number of phenolic OH excluding ortho intramolecular Hbond substituents is 1. The van der Waals surface area contributed by atoms with E-state index in [4.69, 9.17) is 22.3 Å². The van der Waals surface area contributed by atoms with Gasteiger partial charge in [-0.25, -0.2) is 13.8 Å². The number of piperazine rings is 1. The third-order valence-corrected chi connectivity index (χ3v) is 7.30. The molecule has 202 valence electrons. The summed E-state index contributed by atoms with van der Waals surface area (Å²) >= 11 is 6.52. The molecule has 0 saturated carbocycles. The van der Waals surface area contributed by atoms with E-state index in [9.17, 15) is 14.3 Å². The van der Waals surface area contributed by atoms with Gasteiger partial charge in [0.2, 0.25) is 11.9 Å². The van der Waals surface area contributed by atoms with Gasteiger partial charge in [0, 0.05) is 55.3 Å². The first-order valence-electron chi connectivity index (χ1n) is 12.0. The molecule has 0 aliphatic carbocycles. The maximum Gasteiger partial charge on any atom is 0.246 e. The summed E-state index contributed by atoms with van der Waals surface area (Å²) in [6.45, 7) is 9.33. The van der Waals surface area contributed by atoms with Gasteiger partial charge in [-0.1, -0.05) is 31.7 Å².